The van der Waals surface area contributed by atoms with Gasteiger partial charge in [-0.25, -0.2) is 9.97 Å². The van der Waals surface area contributed by atoms with Gasteiger partial charge in [0, 0.05) is 31.5 Å². The van der Waals surface area contributed by atoms with Gasteiger partial charge in [0.25, 0.3) is 0 Å². The van der Waals surface area contributed by atoms with E-state index in [1.54, 1.807) is 0 Å². The van der Waals surface area contributed by atoms with E-state index in [-0.39, 0.29) is 12.4 Å². The molecule has 1 aliphatic heterocycles. The van der Waals surface area contributed by atoms with Gasteiger partial charge in [0.2, 0.25) is 5.95 Å². The molecule has 0 radical (unpaired) electrons. The number of hydrogen-bond acceptors (Lipinski definition) is 4. The van der Waals surface area contributed by atoms with Crippen molar-refractivity contribution in [2.45, 2.75) is 25.8 Å². The summed E-state index contributed by atoms with van der Waals surface area (Å²) in [5, 5.41) is 3.47. The maximum Gasteiger partial charge on any atom is 0.225 e. The number of aryl methyl sites for hydroxylation is 1. The van der Waals surface area contributed by atoms with Crippen molar-refractivity contribution in [3.63, 3.8) is 0 Å². The fourth-order valence-electron chi connectivity index (χ4n) is 1.94. The Morgan fingerprint density at radius 2 is 2.38 bits per heavy atom. The molecule has 16 heavy (non-hydrogen) atoms. The van der Waals surface area contributed by atoms with Crippen LogP contribution in [0.1, 0.15) is 18.5 Å². The number of hydrogen-bond donors (Lipinski definition) is 1. The van der Waals surface area contributed by atoms with E-state index in [1.165, 1.54) is 12.8 Å². The Labute approximate surface area is 103 Å². The molecule has 1 fully saturated rings. The van der Waals surface area contributed by atoms with E-state index in [4.69, 9.17) is 0 Å². The Morgan fingerprint density at radius 3 is 3.00 bits per heavy atom. The molecular weight excluding hydrogens is 224 g/mol. The first-order valence-electron chi connectivity index (χ1n) is 5.50. The summed E-state index contributed by atoms with van der Waals surface area (Å²) in [6, 6.07) is 2.52. The molecule has 1 unspecified atom stereocenters. The van der Waals surface area contributed by atoms with Gasteiger partial charge in [-0.2, -0.15) is 0 Å². The van der Waals surface area contributed by atoms with E-state index in [1.807, 2.05) is 19.2 Å². The van der Waals surface area contributed by atoms with E-state index < -0.39 is 0 Å². The van der Waals surface area contributed by atoms with Crippen LogP contribution in [0, 0.1) is 6.92 Å². The van der Waals surface area contributed by atoms with Crippen molar-refractivity contribution in [1.29, 1.82) is 0 Å². The van der Waals surface area contributed by atoms with Crippen molar-refractivity contribution in [1.82, 2.24) is 15.3 Å². The fraction of sp³-hybridized carbons (Fsp3) is 0.636. The van der Waals surface area contributed by atoms with E-state index in [9.17, 15) is 0 Å². The first-order chi connectivity index (χ1) is 7.25. The topological polar surface area (TPSA) is 41.1 Å². The Morgan fingerprint density at radius 1 is 1.56 bits per heavy atom. The summed E-state index contributed by atoms with van der Waals surface area (Å²) in [5.41, 5.74) is 1.02. The van der Waals surface area contributed by atoms with Gasteiger partial charge in [0.1, 0.15) is 0 Å². The summed E-state index contributed by atoms with van der Waals surface area (Å²) in [6.07, 6.45) is 4.36. The minimum absolute atomic E-state index is 0. The molecule has 0 aliphatic carbocycles. The lowest BCUT2D eigenvalue weighted by Gasteiger charge is -2.21. The van der Waals surface area contributed by atoms with Crippen LogP contribution in [0.25, 0.3) is 0 Å². The molecule has 1 atom stereocenters. The van der Waals surface area contributed by atoms with Crippen molar-refractivity contribution in [3.8, 4) is 0 Å². The number of halogens is 1. The number of aromatic nitrogens is 2. The second-order valence-corrected chi connectivity index (χ2v) is 4.17. The zero-order chi connectivity index (χ0) is 10.7. The van der Waals surface area contributed by atoms with Gasteiger partial charge in [-0.3, -0.25) is 0 Å². The Hall–Kier alpha value is -0.870. The Balaban J connectivity index is 0.00000128. The van der Waals surface area contributed by atoms with Crippen LogP contribution in [-0.4, -0.2) is 36.1 Å². The van der Waals surface area contributed by atoms with Gasteiger partial charge in [-0.15, -0.1) is 12.4 Å². The predicted molar refractivity (Wildman–Crippen MR) is 68.3 cm³/mol. The van der Waals surface area contributed by atoms with E-state index in [0.29, 0.717) is 6.04 Å². The smallest absolute Gasteiger partial charge is 0.225 e. The summed E-state index contributed by atoms with van der Waals surface area (Å²) >= 11 is 0. The first kappa shape index (κ1) is 13.2. The molecule has 4 nitrogen and oxygen atoms in total. The highest BCUT2D eigenvalue weighted by atomic mass is 35.5. The molecule has 1 aromatic heterocycles. The maximum absolute atomic E-state index is 4.40. The number of anilines is 1. The normalized spacial score (nSPS) is 19.2. The van der Waals surface area contributed by atoms with Crippen LogP contribution in [0.15, 0.2) is 12.3 Å². The minimum Gasteiger partial charge on any atom is -0.342 e. The number of nitrogens with zero attached hydrogens (tertiary/aromatic N) is 3. The van der Waals surface area contributed by atoms with Crippen LogP contribution in [0.2, 0.25) is 0 Å². The molecule has 1 saturated heterocycles. The minimum atomic E-state index is 0. The largest absolute Gasteiger partial charge is 0.342 e. The van der Waals surface area contributed by atoms with Gasteiger partial charge < -0.3 is 10.2 Å². The third kappa shape index (κ3) is 3.32. The Bertz CT molecular complexity index is 326. The summed E-state index contributed by atoms with van der Waals surface area (Å²) in [6.45, 7) is 4.13. The van der Waals surface area contributed by atoms with Crippen LogP contribution < -0.4 is 10.2 Å². The number of nitrogens with one attached hydrogen (secondary N) is 1. The van der Waals surface area contributed by atoms with Crippen molar-refractivity contribution >= 4 is 18.4 Å². The zero-order valence-corrected chi connectivity index (χ0v) is 10.6. The van der Waals surface area contributed by atoms with E-state index in [2.05, 4.69) is 27.2 Å². The molecular formula is C11H19ClN4. The molecule has 2 heterocycles. The maximum atomic E-state index is 4.40. The highest BCUT2D eigenvalue weighted by Crippen LogP contribution is 2.10. The molecule has 1 aliphatic rings. The van der Waals surface area contributed by atoms with Crippen LogP contribution in [0.3, 0.4) is 0 Å². The van der Waals surface area contributed by atoms with Gasteiger partial charge >= 0.3 is 0 Å². The lowest BCUT2D eigenvalue weighted by molar-refractivity contribution is 0.594. The zero-order valence-electron chi connectivity index (χ0n) is 9.81. The average Bonchev–Trinajstić information content (AvgIpc) is 2.70. The molecule has 2 rings (SSSR count). The lowest BCUT2D eigenvalue weighted by atomic mass is 10.2. The van der Waals surface area contributed by atoms with Crippen LogP contribution in [0.5, 0.6) is 0 Å². The third-order valence-corrected chi connectivity index (χ3v) is 2.78. The lowest BCUT2D eigenvalue weighted by Crippen LogP contribution is -2.36. The van der Waals surface area contributed by atoms with E-state index in [0.717, 1.165) is 24.7 Å². The first-order valence-corrected chi connectivity index (χ1v) is 5.50. The molecule has 5 heteroatoms. The van der Waals surface area contributed by atoms with Crippen LogP contribution >= 0.6 is 12.4 Å². The van der Waals surface area contributed by atoms with Gasteiger partial charge in [-0.05, 0) is 32.4 Å². The van der Waals surface area contributed by atoms with Gasteiger partial charge in [0.15, 0.2) is 0 Å². The second kappa shape index (κ2) is 6.01. The van der Waals surface area contributed by atoms with Crippen molar-refractivity contribution in [2.24, 2.45) is 0 Å². The van der Waals surface area contributed by atoms with Crippen molar-refractivity contribution in [3.05, 3.63) is 18.0 Å². The van der Waals surface area contributed by atoms with Crippen LogP contribution in [0.4, 0.5) is 5.95 Å². The molecule has 90 valence electrons. The summed E-state index contributed by atoms with van der Waals surface area (Å²) < 4.78 is 0. The van der Waals surface area contributed by atoms with Crippen LogP contribution in [-0.2, 0) is 0 Å². The van der Waals surface area contributed by atoms with Gasteiger partial charge in [0.05, 0.1) is 0 Å². The molecule has 0 amide bonds. The van der Waals surface area contributed by atoms with Crippen molar-refractivity contribution in [2.75, 3.05) is 25.0 Å². The fourth-order valence-corrected chi connectivity index (χ4v) is 1.94. The molecule has 0 bridgehead atoms. The standard InChI is InChI=1S/C11H18N4.ClH/c1-9-5-7-13-11(14-9)15(2)8-10-4-3-6-12-10;/h5,7,10,12H,3-4,6,8H2,1-2H3;1H. The summed E-state index contributed by atoms with van der Waals surface area (Å²) in [7, 11) is 2.05. The Kier molecular flexibility index (Phi) is 4.96. The molecule has 0 spiro atoms. The highest BCUT2D eigenvalue weighted by Gasteiger charge is 2.16. The highest BCUT2D eigenvalue weighted by molar-refractivity contribution is 5.85. The summed E-state index contributed by atoms with van der Waals surface area (Å²) in [4.78, 5) is 10.8. The molecule has 1 N–H and O–H groups in total. The quantitative estimate of drug-likeness (QED) is 0.870. The SMILES string of the molecule is Cc1ccnc(N(C)CC2CCCN2)n1.Cl. The monoisotopic (exact) mass is 242 g/mol. The van der Waals surface area contributed by atoms with E-state index >= 15 is 0 Å². The molecule has 0 saturated carbocycles. The molecule has 0 aromatic carbocycles. The summed E-state index contributed by atoms with van der Waals surface area (Å²) in [5.74, 6) is 0.823. The number of rotatable bonds is 3. The average molecular weight is 243 g/mol. The van der Waals surface area contributed by atoms with Crippen molar-refractivity contribution < 1.29 is 0 Å². The second-order valence-electron chi connectivity index (χ2n) is 4.17. The third-order valence-electron chi connectivity index (χ3n) is 2.78. The number of likely N-dealkylation sites (N-methyl/N-ethyl adjacent to an activating group) is 1. The predicted octanol–water partition coefficient (Wildman–Crippen LogP) is 1.40. The molecule has 1 aromatic rings. The van der Waals surface area contributed by atoms with Gasteiger partial charge in [-0.1, -0.05) is 0 Å².